The van der Waals surface area contributed by atoms with Crippen molar-refractivity contribution in [2.75, 3.05) is 0 Å². The fourth-order valence-corrected chi connectivity index (χ4v) is 1.93. The minimum atomic E-state index is -0.887. The molecule has 17 heavy (non-hydrogen) atoms. The number of hydrogen-bond acceptors (Lipinski definition) is 3. The van der Waals surface area contributed by atoms with Crippen LogP contribution in [0.4, 0.5) is 4.39 Å². The molecule has 0 atom stereocenters. The summed E-state index contributed by atoms with van der Waals surface area (Å²) in [5.74, 6) is -0.856. The van der Waals surface area contributed by atoms with Gasteiger partial charge < -0.3 is 0 Å². The van der Waals surface area contributed by atoms with E-state index in [9.17, 15) is 4.39 Å². The zero-order chi connectivity index (χ0) is 12.6. The lowest BCUT2D eigenvalue weighted by atomic mass is 10.3. The first kappa shape index (κ1) is 12.8. The third kappa shape index (κ3) is 2.60. The maximum atomic E-state index is 13.1. The fraction of sp³-hybridized carbons (Fsp3) is 0. The van der Waals surface area contributed by atoms with E-state index in [2.05, 4.69) is 15.0 Å². The van der Waals surface area contributed by atoms with Gasteiger partial charge in [0, 0.05) is 6.20 Å². The predicted octanol–water partition coefficient (Wildman–Crippen LogP) is 4.29. The van der Waals surface area contributed by atoms with E-state index in [-0.39, 0.29) is 16.5 Å². The summed E-state index contributed by atoms with van der Waals surface area (Å²) in [7, 11) is 0. The molecule has 0 aliphatic rings. The van der Waals surface area contributed by atoms with E-state index in [1.807, 2.05) is 0 Å². The lowest BCUT2D eigenvalue weighted by molar-refractivity contribution is 0.615. The van der Waals surface area contributed by atoms with Gasteiger partial charge in [-0.3, -0.25) is 0 Å². The van der Waals surface area contributed by atoms with Gasteiger partial charge in [0.2, 0.25) is 0 Å². The molecule has 3 nitrogen and oxygen atoms in total. The zero-order valence-corrected chi connectivity index (χ0v) is 10.9. The van der Waals surface area contributed by atoms with E-state index >= 15 is 0 Å². The number of halogens is 5. The number of rotatable bonds is 1. The van der Waals surface area contributed by atoms with Gasteiger partial charge in [-0.05, 0) is 6.07 Å². The van der Waals surface area contributed by atoms with Gasteiger partial charge >= 0.3 is 0 Å². The fourth-order valence-electron chi connectivity index (χ4n) is 1.08. The van der Waals surface area contributed by atoms with Crippen LogP contribution in [0.2, 0.25) is 20.4 Å². The Kier molecular flexibility index (Phi) is 3.68. The maximum Gasteiger partial charge on any atom is 0.197 e. The predicted molar refractivity (Wildman–Crippen MR) is 65.3 cm³/mol. The number of hydrogen-bond donors (Lipinski definition) is 0. The largest absolute Gasteiger partial charge is 0.250 e. The highest BCUT2D eigenvalue weighted by molar-refractivity contribution is 6.36. The first-order valence-electron chi connectivity index (χ1n) is 4.19. The Morgan fingerprint density at radius 3 is 2.12 bits per heavy atom. The molecule has 0 radical (unpaired) electrons. The molecule has 0 saturated carbocycles. The topological polar surface area (TPSA) is 38.7 Å². The second kappa shape index (κ2) is 4.90. The molecule has 0 N–H and O–H groups in total. The first-order chi connectivity index (χ1) is 7.99. The van der Waals surface area contributed by atoms with Gasteiger partial charge in [0.15, 0.2) is 21.9 Å². The highest BCUT2D eigenvalue weighted by atomic mass is 35.5. The second-order valence-corrected chi connectivity index (χ2v) is 4.49. The van der Waals surface area contributed by atoms with Crippen LogP contribution >= 0.6 is 46.4 Å². The number of aromatic nitrogens is 3. The summed E-state index contributed by atoms with van der Waals surface area (Å²) in [6.45, 7) is 0. The summed E-state index contributed by atoms with van der Waals surface area (Å²) in [4.78, 5) is 11.3. The molecule has 2 aromatic heterocycles. The molecule has 2 heterocycles. The molecular weight excluding hydrogens is 311 g/mol. The van der Waals surface area contributed by atoms with Gasteiger partial charge in [-0.2, -0.15) is 0 Å². The van der Waals surface area contributed by atoms with Crippen molar-refractivity contribution >= 4 is 46.4 Å². The average Bonchev–Trinajstić information content (AvgIpc) is 2.25. The number of nitrogens with zero attached hydrogens (tertiary/aromatic N) is 3. The molecule has 0 bridgehead atoms. The van der Waals surface area contributed by atoms with Crippen molar-refractivity contribution < 1.29 is 4.39 Å². The van der Waals surface area contributed by atoms with Gasteiger partial charge in [-0.1, -0.05) is 46.4 Å². The highest BCUT2D eigenvalue weighted by Crippen LogP contribution is 2.28. The molecule has 0 unspecified atom stereocenters. The monoisotopic (exact) mass is 311 g/mol. The van der Waals surface area contributed by atoms with Crippen molar-refractivity contribution in [2.24, 2.45) is 0 Å². The summed E-state index contributed by atoms with van der Waals surface area (Å²) in [5.41, 5.74) is 0.222. The molecule has 88 valence electrons. The minimum Gasteiger partial charge on any atom is -0.250 e. The van der Waals surface area contributed by atoms with E-state index in [1.165, 1.54) is 12.3 Å². The molecule has 0 spiro atoms. The van der Waals surface area contributed by atoms with Gasteiger partial charge in [0.1, 0.15) is 5.69 Å². The summed E-state index contributed by atoms with van der Waals surface area (Å²) in [6.07, 6.45) is 1.36. The summed E-state index contributed by atoms with van der Waals surface area (Å²) < 4.78 is 13.1. The standard InChI is InChI=1S/C9H2Cl4FN3/c10-3-1-4(11)6(15-2-3)9-16-7(12)5(14)8(13)17-9/h1-2H. The minimum absolute atomic E-state index is 0.0306. The van der Waals surface area contributed by atoms with Gasteiger partial charge in [0.25, 0.3) is 0 Å². The van der Waals surface area contributed by atoms with Crippen LogP contribution in [-0.4, -0.2) is 15.0 Å². The molecule has 0 fully saturated rings. The van der Waals surface area contributed by atoms with Crippen LogP contribution in [-0.2, 0) is 0 Å². The average molecular weight is 313 g/mol. The maximum absolute atomic E-state index is 13.1. The van der Waals surface area contributed by atoms with Gasteiger partial charge in [0.05, 0.1) is 10.0 Å². The Morgan fingerprint density at radius 1 is 1.00 bits per heavy atom. The quantitative estimate of drug-likeness (QED) is 0.737. The molecule has 0 aromatic carbocycles. The van der Waals surface area contributed by atoms with Gasteiger partial charge in [-0.25, -0.2) is 19.3 Å². The van der Waals surface area contributed by atoms with Crippen molar-refractivity contribution in [3.63, 3.8) is 0 Å². The molecule has 2 rings (SSSR count). The van der Waals surface area contributed by atoms with Crippen molar-refractivity contribution in [2.45, 2.75) is 0 Å². The summed E-state index contributed by atoms with van der Waals surface area (Å²) >= 11 is 22.7. The van der Waals surface area contributed by atoms with Crippen molar-refractivity contribution in [1.82, 2.24) is 15.0 Å². The summed E-state index contributed by atoms with van der Waals surface area (Å²) in [5, 5.41) is -0.213. The molecule has 8 heteroatoms. The third-order valence-electron chi connectivity index (χ3n) is 1.79. The van der Waals surface area contributed by atoms with Crippen LogP contribution in [0.5, 0.6) is 0 Å². The number of pyridine rings is 1. The highest BCUT2D eigenvalue weighted by Gasteiger charge is 2.15. The Bertz CT molecular complexity index is 567. The Hall–Kier alpha value is -0.680. The van der Waals surface area contributed by atoms with E-state index in [0.29, 0.717) is 5.02 Å². The Balaban J connectivity index is 2.61. The van der Waals surface area contributed by atoms with Gasteiger partial charge in [-0.15, -0.1) is 0 Å². The van der Waals surface area contributed by atoms with Crippen LogP contribution in [0.15, 0.2) is 12.3 Å². The van der Waals surface area contributed by atoms with Crippen LogP contribution < -0.4 is 0 Å². The van der Waals surface area contributed by atoms with Crippen LogP contribution in [0.1, 0.15) is 0 Å². The zero-order valence-electron chi connectivity index (χ0n) is 7.89. The van der Waals surface area contributed by atoms with Crippen LogP contribution in [0, 0.1) is 5.82 Å². The van der Waals surface area contributed by atoms with Crippen molar-refractivity contribution in [1.29, 1.82) is 0 Å². The van der Waals surface area contributed by atoms with E-state index in [1.54, 1.807) is 0 Å². The van der Waals surface area contributed by atoms with E-state index < -0.39 is 16.1 Å². The van der Waals surface area contributed by atoms with Crippen molar-refractivity contribution in [3.05, 3.63) is 38.4 Å². The summed E-state index contributed by atoms with van der Waals surface area (Å²) in [6, 6.07) is 1.46. The molecule has 0 saturated heterocycles. The Morgan fingerprint density at radius 2 is 1.59 bits per heavy atom. The molecule has 0 aliphatic carbocycles. The second-order valence-electron chi connectivity index (χ2n) is 2.93. The third-order valence-corrected chi connectivity index (χ3v) is 2.79. The van der Waals surface area contributed by atoms with E-state index in [0.717, 1.165) is 0 Å². The molecule has 2 aromatic rings. The molecule has 0 aliphatic heterocycles. The van der Waals surface area contributed by atoms with Crippen LogP contribution in [0.3, 0.4) is 0 Å². The first-order valence-corrected chi connectivity index (χ1v) is 5.70. The molecular formula is C9H2Cl4FN3. The van der Waals surface area contributed by atoms with E-state index in [4.69, 9.17) is 46.4 Å². The lowest BCUT2D eigenvalue weighted by Crippen LogP contribution is -1.97. The lowest BCUT2D eigenvalue weighted by Gasteiger charge is -2.04. The smallest absolute Gasteiger partial charge is 0.197 e. The Labute approximate surface area is 116 Å². The SMILES string of the molecule is Fc1c(Cl)nc(-c2ncc(Cl)cc2Cl)nc1Cl. The van der Waals surface area contributed by atoms with Crippen molar-refractivity contribution in [3.8, 4) is 11.5 Å². The molecule has 0 amide bonds. The van der Waals surface area contributed by atoms with Crippen LogP contribution in [0.25, 0.3) is 11.5 Å². The normalized spacial score (nSPS) is 10.6.